The van der Waals surface area contributed by atoms with Gasteiger partial charge >= 0.3 is 5.69 Å². The summed E-state index contributed by atoms with van der Waals surface area (Å²) < 4.78 is 0. The Kier molecular flexibility index (Phi) is 5.01. The molecule has 1 unspecified atom stereocenters. The van der Waals surface area contributed by atoms with E-state index in [9.17, 15) is 24.8 Å². The van der Waals surface area contributed by atoms with E-state index >= 15 is 0 Å². The fourth-order valence-corrected chi connectivity index (χ4v) is 1.49. The van der Waals surface area contributed by atoms with E-state index in [0.29, 0.717) is 6.54 Å². The number of phenols is 1. The monoisotopic (exact) mass is 281 g/mol. The van der Waals surface area contributed by atoms with Crippen molar-refractivity contribution in [2.75, 3.05) is 6.54 Å². The number of likely N-dealkylation sites (N-methyl/N-ethyl adjacent to an activating group) is 1. The van der Waals surface area contributed by atoms with Crippen LogP contribution in [-0.4, -0.2) is 34.4 Å². The Bertz CT molecular complexity index is 544. The van der Waals surface area contributed by atoms with Crippen LogP contribution in [0.5, 0.6) is 5.75 Å². The third kappa shape index (κ3) is 3.67. The molecule has 0 aliphatic rings. The first-order valence-corrected chi connectivity index (χ1v) is 5.92. The van der Waals surface area contributed by atoms with Crippen molar-refractivity contribution < 1.29 is 19.6 Å². The van der Waals surface area contributed by atoms with Gasteiger partial charge in [0.15, 0.2) is 5.75 Å². The summed E-state index contributed by atoms with van der Waals surface area (Å²) in [6.45, 7) is 3.70. The second kappa shape index (κ2) is 6.50. The highest BCUT2D eigenvalue weighted by atomic mass is 16.6. The van der Waals surface area contributed by atoms with E-state index in [-0.39, 0.29) is 11.5 Å². The van der Waals surface area contributed by atoms with Crippen LogP contribution in [0.4, 0.5) is 5.69 Å². The van der Waals surface area contributed by atoms with Crippen molar-refractivity contribution in [3.05, 3.63) is 33.9 Å². The summed E-state index contributed by atoms with van der Waals surface area (Å²) in [5.41, 5.74) is -0.456. The molecule has 1 rings (SSSR count). The summed E-state index contributed by atoms with van der Waals surface area (Å²) in [6.07, 6.45) is 0. The molecule has 0 saturated carbocycles. The van der Waals surface area contributed by atoms with E-state index in [1.807, 2.05) is 0 Å². The molecule has 3 N–H and O–H groups in total. The van der Waals surface area contributed by atoms with Crippen LogP contribution < -0.4 is 10.6 Å². The molecular weight excluding hydrogens is 266 g/mol. The fraction of sp³-hybridized carbons (Fsp3) is 0.333. The Morgan fingerprint density at radius 2 is 2.10 bits per heavy atom. The second-order valence-electron chi connectivity index (χ2n) is 4.05. The number of carbonyl (C=O) groups is 2. The molecule has 2 amide bonds. The molecule has 0 radical (unpaired) electrons. The van der Waals surface area contributed by atoms with Crippen molar-refractivity contribution in [3.63, 3.8) is 0 Å². The molecule has 0 bridgehead atoms. The molecule has 0 aliphatic carbocycles. The van der Waals surface area contributed by atoms with E-state index in [4.69, 9.17) is 0 Å². The van der Waals surface area contributed by atoms with Crippen LogP contribution in [0.2, 0.25) is 0 Å². The number of nitrogens with zero attached hydrogens (tertiary/aromatic N) is 1. The minimum Gasteiger partial charge on any atom is -0.502 e. The van der Waals surface area contributed by atoms with Crippen molar-refractivity contribution in [3.8, 4) is 5.75 Å². The SMILES string of the molecule is CCNC(=O)C(C)NC(=O)c1ccc([N+](=O)[O-])c(O)c1. The Morgan fingerprint density at radius 3 is 2.60 bits per heavy atom. The van der Waals surface area contributed by atoms with Crippen molar-refractivity contribution >= 4 is 17.5 Å². The number of nitro groups is 1. The summed E-state index contributed by atoms with van der Waals surface area (Å²) in [7, 11) is 0. The predicted molar refractivity (Wildman–Crippen MR) is 70.4 cm³/mol. The number of hydrogen-bond donors (Lipinski definition) is 3. The zero-order valence-corrected chi connectivity index (χ0v) is 11.0. The van der Waals surface area contributed by atoms with E-state index in [1.54, 1.807) is 6.92 Å². The van der Waals surface area contributed by atoms with Crippen LogP contribution in [-0.2, 0) is 4.79 Å². The maximum Gasteiger partial charge on any atom is 0.310 e. The highest BCUT2D eigenvalue weighted by Crippen LogP contribution is 2.26. The van der Waals surface area contributed by atoms with Gasteiger partial charge in [-0.15, -0.1) is 0 Å². The van der Waals surface area contributed by atoms with E-state index in [1.165, 1.54) is 13.0 Å². The van der Waals surface area contributed by atoms with Gasteiger partial charge in [0.1, 0.15) is 6.04 Å². The molecule has 0 aromatic heterocycles. The number of benzene rings is 1. The Balaban J connectivity index is 2.81. The van der Waals surface area contributed by atoms with Crippen molar-refractivity contribution in [2.24, 2.45) is 0 Å². The number of nitrogens with one attached hydrogen (secondary N) is 2. The molecule has 8 heteroatoms. The predicted octanol–water partition coefficient (Wildman–Crippen LogP) is 0.555. The number of hydrogen-bond acceptors (Lipinski definition) is 5. The lowest BCUT2D eigenvalue weighted by atomic mass is 10.1. The molecule has 0 fully saturated rings. The van der Waals surface area contributed by atoms with Gasteiger partial charge in [-0.05, 0) is 26.0 Å². The third-order valence-corrected chi connectivity index (χ3v) is 2.53. The summed E-state index contributed by atoms with van der Waals surface area (Å²) in [6, 6.07) is 2.47. The molecule has 0 saturated heterocycles. The quantitative estimate of drug-likeness (QED) is 0.537. The molecule has 0 heterocycles. The van der Waals surface area contributed by atoms with Gasteiger partial charge in [0.25, 0.3) is 5.91 Å². The van der Waals surface area contributed by atoms with Crippen LogP contribution in [0.3, 0.4) is 0 Å². The zero-order valence-electron chi connectivity index (χ0n) is 11.0. The molecule has 1 atom stereocenters. The van der Waals surface area contributed by atoms with E-state index in [0.717, 1.165) is 12.1 Å². The summed E-state index contributed by atoms with van der Waals surface area (Å²) in [5.74, 6) is -1.55. The number of aromatic hydroxyl groups is 1. The molecule has 1 aromatic carbocycles. The minimum atomic E-state index is -0.756. The smallest absolute Gasteiger partial charge is 0.310 e. The van der Waals surface area contributed by atoms with Crippen LogP contribution >= 0.6 is 0 Å². The molecule has 8 nitrogen and oxygen atoms in total. The average molecular weight is 281 g/mol. The second-order valence-corrected chi connectivity index (χ2v) is 4.05. The maximum atomic E-state index is 11.8. The zero-order chi connectivity index (χ0) is 15.3. The Labute approximate surface area is 114 Å². The van der Waals surface area contributed by atoms with Crippen LogP contribution in [0.15, 0.2) is 18.2 Å². The van der Waals surface area contributed by atoms with Crippen molar-refractivity contribution in [1.82, 2.24) is 10.6 Å². The number of amides is 2. The first-order valence-electron chi connectivity index (χ1n) is 5.92. The van der Waals surface area contributed by atoms with Gasteiger partial charge in [-0.3, -0.25) is 19.7 Å². The van der Waals surface area contributed by atoms with E-state index in [2.05, 4.69) is 10.6 Å². The summed E-state index contributed by atoms with van der Waals surface area (Å²) in [5, 5.41) is 24.9. The first kappa shape index (κ1) is 15.4. The molecular formula is C12H15N3O5. The first-order chi connectivity index (χ1) is 9.36. The number of nitro benzene ring substituents is 1. The van der Waals surface area contributed by atoms with Crippen molar-refractivity contribution in [1.29, 1.82) is 0 Å². The van der Waals surface area contributed by atoms with Gasteiger partial charge < -0.3 is 15.7 Å². The highest BCUT2D eigenvalue weighted by molar-refractivity contribution is 5.98. The van der Waals surface area contributed by atoms with Gasteiger partial charge in [-0.1, -0.05) is 0 Å². The van der Waals surface area contributed by atoms with E-state index < -0.39 is 28.3 Å². The molecule has 108 valence electrons. The van der Waals surface area contributed by atoms with Crippen LogP contribution in [0.25, 0.3) is 0 Å². The Morgan fingerprint density at radius 1 is 1.45 bits per heavy atom. The molecule has 0 aliphatic heterocycles. The fourth-order valence-electron chi connectivity index (χ4n) is 1.49. The largest absolute Gasteiger partial charge is 0.502 e. The van der Waals surface area contributed by atoms with Crippen LogP contribution in [0, 0.1) is 10.1 Å². The average Bonchev–Trinajstić information content (AvgIpc) is 2.38. The third-order valence-electron chi connectivity index (χ3n) is 2.53. The lowest BCUT2D eigenvalue weighted by Gasteiger charge is -2.13. The number of phenolic OH excluding ortho intramolecular Hbond substituents is 1. The topological polar surface area (TPSA) is 122 Å². The van der Waals surface area contributed by atoms with Gasteiger partial charge in [0.2, 0.25) is 5.91 Å². The maximum absolute atomic E-state index is 11.8. The van der Waals surface area contributed by atoms with Gasteiger partial charge in [0, 0.05) is 18.2 Å². The van der Waals surface area contributed by atoms with Crippen LogP contribution in [0.1, 0.15) is 24.2 Å². The number of carbonyl (C=O) groups excluding carboxylic acids is 2. The standard InChI is InChI=1S/C12H15N3O5/c1-3-13-11(17)7(2)14-12(18)8-4-5-9(15(19)20)10(16)6-8/h4-7,16H,3H2,1-2H3,(H,13,17)(H,14,18). The minimum absolute atomic E-state index is 0.0317. The summed E-state index contributed by atoms with van der Waals surface area (Å²) >= 11 is 0. The lowest BCUT2D eigenvalue weighted by molar-refractivity contribution is -0.385. The summed E-state index contributed by atoms with van der Waals surface area (Å²) in [4.78, 5) is 33.1. The molecule has 20 heavy (non-hydrogen) atoms. The Hall–Kier alpha value is -2.64. The van der Waals surface area contributed by atoms with Crippen molar-refractivity contribution in [2.45, 2.75) is 19.9 Å². The lowest BCUT2D eigenvalue weighted by Crippen LogP contribution is -2.44. The van der Waals surface area contributed by atoms with Gasteiger partial charge in [0.05, 0.1) is 4.92 Å². The number of rotatable bonds is 5. The molecule has 1 aromatic rings. The highest BCUT2D eigenvalue weighted by Gasteiger charge is 2.19. The van der Waals surface area contributed by atoms with Gasteiger partial charge in [-0.2, -0.15) is 0 Å². The normalized spacial score (nSPS) is 11.5. The van der Waals surface area contributed by atoms with Gasteiger partial charge in [-0.25, -0.2) is 0 Å². The molecule has 0 spiro atoms.